The van der Waals surface area contributed by atoms with E-state index in [2.05, 4.69) is 36.5 Å². The Morgan fingerprint density at radius 2 is 1.95 bits per heavy atom. The standard InChI is InChI=1S/C13H12BrF3N4/c1-2-18-12-20-10(13(15,16)17)7-11(21-12)19-9-5-3-4-8(14)6-9/h3-7H,2H2,1H3,(H2,18,19,20,21). The Labute approximate surface area is 127 Å². The Kier molecular flexibility index (Phi) is 4.66. The summed E-state index contributed by atoms with van der Waals surface area (Å²) in [6.07, 6.45) is -4.53. The molecule has 112 valence electrons. The maximum atomic E-state index is 12.8. The second-order valence-corrected chi connectivity index (χ2v) is 5.04. The number of benzene rings is 1. The van der Waals surface area contributed by atoms with Gasteiger partial charge in [-0.3, -0.25) is 0 Å². The fourth-order valence-corrected chi connectivity index (χ4v) is 2.01. The third-order valence-corrected chi connectivity index (χ3v) is 2.94. The normalized spacial score (nSPS) is 11.3. The molecule has 1 aromatic carbocycles. The van der Waals surface area contributed by atoms with Crippen molar-refractivity contribution in [2.75, 3.05) is 17.2 Å². The van der Waals surface area contributed by atoms with E-state index in [-0.39, 0.29) is 11.8 Å². The van der Waals surface area contributed by atoms with Crippen LogP contribution in [0.25, 0.3) is 0 Å². The summed E-state index contributed by atoms with van der Waals surface area (Å²) in [6.45, 7) is 2.18. The molecule has 2 rings (SSSR count). The van der Waals surface area contributed by atoms with Crippen LogP contribution in [0.4, 0.5) is 30.6 Å². The molecule has 0 aliphatic heterocycles. The Morgan fingerprint density at radius 3 is 2.57 bits per heavy atom. The van der Waals surface area contributed by atoms with Crippen molar-refractivity contribution in [2.45, 2.75) is 13.1 Å². The van der Waals surface area contributed by atoms with E-state index in [4.69, 9.17) is 0 Å². The first-order valence-corrected chi connectivity index (χ1v) is 6.90. The quantitative estimate of drug-likeness (QED) is 0.846. The average Bonchev–Trinajstić information content (AvgIpc) is 2.37. The highest BCUT2D eigenvalue weighted by Crippen LogP contribution is 2.30. The Balaban J connectivity index is 2.35. The molecule has 1 aromatic heterocycles. The molecular formula is C13H12BrF3N4. The number of rotatable bonds is 4. The SMILES string of the molecule is CCNc1nc(Nc2cccc(Br)c2)cc(C(F)(F)F)n1. The van der Waals surface area contributed by atoms with Gasteiger partial charge in [-0.05, 0) is 25.1 Å². The maximum Gasteiger partial charge on any atom is 0.433 e. The largest absolute Gasteiger partial charge is 0.433 e. The van der Waals surface area contributed by atoms with Gasteiger partial charge in [0, 0.05) is 22.8 Å². The lowest BCUT2D eigenvalue weighted by atomic mass is 10.3. The van der Waals surface area contributed by atoms with Crippen LogP contribution in [-0.4, -0.2) is 16.5 Å². The number of hydrogen-bond acceptors (Lipinski definition) is 4. The fraction of sp³-hybridized carbons (Fsp3) is 0.231. The molecule has 0 radical (unpaired) electrons. The molecule has 0 bridgehead atoms. The van der Waals surface area contributed by atoms with Gasteiger partial charge in [0.25, 0.3) is 0 Å². The average molecular weight is 361 g/mol. The molecule has 0 atom stereocenters. The molecule has 0 amide bonds. The zero-order valence-electron chi connectivity index (χ0n) is 11.0. The van der Waals surface area contributed by atoms with Gasteiger partial charge >= 0.3 is 6.18 Å². The predicted molar refractivity (Wildman–Crippen MR) is 78.6 cm³/mol. The van der Waals surface area contributed by atoms with E-state index in [0.29, 0.717) is 12.2 Å². The second kappa shape index (κ2) is 6.30. The van der Waals surface area contributed by atoms with Gasteiger partial charge in [-0.2, -0.15) is 18.2 Å². The molecular weight excluding hydrogens is 349 g/mol. The van der Waals surface area contributed by atoms with Crippen LogP contribution in [0.15, 0.2) is 34.8 Å². The van der Waals surface area contributed by atoms with Gasteiger partial charge < -0.3 is 10.6 Å². The van der Waals surface area contributed by atoms with Crippen molar-refractivity contribution in [3.8, 4) is 0 Å². The highest BCUT2D eigenvalue weighted by molar-refractivity contribution is 9.10. The van der Waals surface area contributed by atoms with Crippen LogP contribution in [0, 0.1) is 0 Å². The molecule has 4 nitrogen and oxygen atoms in total. The third-order valence-electron chi connectivity index (χ3n) is 2.45. The minimum Gasteiger partial charge on any atom is -0.354 e. The van der Waals surface area contributed by atoms with Gasteiger partial charge in [0.15, 0.2) is 5.69 Å². The lowest BCUT2D eigenvalue weighted by Crippen LogP contribution is -2.13. The molecule has 8 heteroatoms. The van der Waals surface area contributed by atoms with E-state index >= 15 is 0 Å². The van der Waals surface area contributed by atoms with Crippen LogP contribution in [0.5, 0.6) is 0 Å². The first-order chi connectivity index (χ1) is 9.88. The Morgan fingerprint density at radius 1 is 1.19 bits per heavy atom. The summed E-state index contributed by atoms with van der Waals surface area (Å²) in [7, 11) is 0. The van der Waals surface area contributed by atoms with Crippen molar-refractivity contribution in [2.24, 2.45) is 0 Å². The lowest BCUT2D eigenvalue weighted by molar-refractivity contribution is -0.141. The van der Waals surface area contributed by atoms with E-state index in [1.807, 2.05) is 6.07 Å². The molecule has 0 spiro atoms. The van der Waals surface area contributed by atoms with Crippen molar-refractivity contribution in [1.29, 1.82) is 0 Å². The van der Waals surface area contributed by atoms with Crippen molar-refractivity contribution in [1.82, 2.24) is 9.97 Å². The van der Waals surface area contributed by atoms with Crippen molar-refractivity contribution in [3.05, 3.63) is 40.5 Å². The number of nitrogens with one attached hydrogen (secondary N) is 2. The monoisotopic (exact) mass is 360 g/mol. The number of alkyl halides is 3. The van der Waals surface area contributed by atoms with E-state index < -0.39 is 11.9 Å². The number of halogens is 4. The molecule has 1 heterocycles. The van der Waals surface area contributed by atoms with E-state index in [1.165, 1.54) is 0 Å². The first-order valence-electron chi connectivity index (χ1n) is 6.11. The topological polar surface area (TPSA) is 49.8 Å². The van der Waals surface area contributed by atoms with E-state index in [9.17, 15) is 13.2 Å². The number of anilines is 3. The zero-order valence-corrected chi connectivity index (χ0v) is 12.6. The summed E-state index contributed by atoms with van der Waals surface area (Å²) in [5.74, 6) is 0.0104. The predicted octanol–water partition coefficient (Wildman–Crippen LogP) is 4.43. The van der Waals surface area contributed by atoms with Gasteiger partial charge in [0.05, 0.1) is 0 Å². The van der Waals surface area contributed by atoms with E-state index in [1.54, 1.807) is 25.1 Å². The summed E-state index contributed by atoms with van der Waals surface area (Å²) in [5.41, 5.74) is -0.371. The number of aromatic nitrogens is 2. The molecule has 0 saturated heterocycles. The van der Waals surface area contributed by atoms with Gasteiger partial charge in [-0.15, -0.1) is 0 Å². The van der Waals surface area contributed by atoms with Crippen LogP contribution in [-0.2, 0) is 6.18 Å². The van der Waals surface area contributed by atoms with Crippen molar-refractivity contribution < 1.29 is 13.2 Å². The molecule has 0 aliphatic rings. The van der Waals surface area contributed by atoms with Crippen LogP contribution in [0.3, 0.4) is 0 Å². The van der Waals surface area contributed by atoms with Gasteiger partial charge in [0.2, 0.25) is 5.95 Å². The molecule has 21 heavy (non-hydrogen) atoms. The number of hydrogen-bond donors (Lipinski definition) is 2. The van der Waals surface area contributed by atoms with Gasteiger partial charge in [0.1, 0.15) is 5.82 Å². The fourth-order valence-electron chi connectivity index (χ4n) is 1.61. The van der Waals surface area contributed by atoms with Crippen LogP contribution in [0.1, 0.15) is 12.6 Å². The second-order valence-electron chi connectivity index (χ2n) is 4.13. The summed E-state index contributed by atoms with van der Waals surface area (Å²) in [4.78, 5) is 7.47. The van der Waals surface area contributed by atoms with Crippen molar-refractivity contribution in [3.63, 3.8) is 0 Å². The minimum atomic E-state index is -4.53. The highest BCUT2D eigenvalue weighted by Gasteiger charge is 2.33. The molecule has 0 saturated carbocycles. The summed E-state index contributed by atoms with van der Waals surface area (Å²) < 4.78 is 39.3. The molecule has 0 aliphatic carbocycles. The van der Waals surface area contributed by atoms with Gasteiger partial charge in [-0.25, -0.2) is 4.98 Å². The highest BCUT2D eigenvalue weighted by atomic mass is 79.9. The van der Waals surface area contributed by atoms with Gasteiger partial charge in [-0.1, -0.05) is 22.0 Å². The smallest absolute Gasteiger partial charge is 0.354 e. The Hall–Kier alpha value is -1.83. The third kappa shape index (κ3) is 4.32. The van der Waals surface area contributed by atoms with Crippen LogP contribution < -0.4 is 10.6 Å². The Bertz CT molecular complexity index is 631. The maximum absolute atomic E-state index is 12.8. The van der Waals surface area contributed by atoms with Crippen LogP contribution in [0.2, 0.25) is 0 Å². The summed E-state index contributed by atoms with van der Waals surface area (Å²) in [5, 5.41) is 5.52. The van der Waals surface area contributed by atoms with Crippen molar-refractivity contribution >= 4 is 33.4 Å². The minimum absolute atomic E-state index is 0.0650. The molecule has 2 N–H and O–H groups in total. The van der Waals surface area contributed by atoms with E-state index in [0.717, 1.165) is 10.5 Å². The molecule has 0 fully saturated rings. The summed E-state index contributed by atoms with van der Waals surface area (Å²) >= 11 is 3.30. The van der Waals surface area contributed by atoms with Crippen LogP contribution >= 0.6 is 15.9 Å². The number of nitrogens with zero attached hydrogens (tertiary/aromatic N) is 2. The molecule has 0 unspecified atom stereocenters. The molecule has 2 aromatic rings. The summed E-state index contributed by atoms with van der Waals surface area (Å²) in [6, 6.07) is 7.93. The lowest BCUT2D eigenvalue weighted by Gasteiger charge is -2.12. The zero-order chi connectivity index (χ0) is 15.5. The first kappa shape index (κ1) is 15.6.